The van der Waals surface area contributed by atoms with Crippen LogP contribution in [0.15, 0.2) is 48.5 Å². The van der Waals surface area contributed by atoms with E-state index in [9.17, 15) is 0 Å². The van der Waals surface area contributed by atoms with E-state index < -0.39 is 0 Å². The third kappa shape index (κ3) is 1.68. The van der Waals surface area contributed by atoms with Gasteiger partial charge in [0.15, 0.2) is 0 Å². The van der Waals surface area contributed by atoms with Crippen molar-refractivity contribution < 1.29 is 0 Å². The summed E-state index contributed by atoms with van der Waals surface area (Å²) in [6.07, 6.45) is 0. The molecule has 0 atom stereocenters. The van der Waals surface area contributed by atoms with Crippen LogP contribution in [-0.2, 0) is 0 Å². The second-order valence-electron chi connectivity index (χ2n) is 5.19. The van der Waals surface area contributed by atoms with Crippen molar-refractivity contribution in [3.05, 3.63) is 59.7 Å². The molecule has 0 aromatic heterocycles. The Kier molecular flexibility index (Phi) is 3.10. The summed E-state index contributed by atoms with van der Waals surface area (Å²) in [5.41, 5.74) is 8.31. The van der Waals surface area contributed by atoms with Crippen LogP contribution in [0, 0.1) is 13.8 Å². The maximum absolute atomic E-state index is 2.33. The van der Waals surface area contributed by atoms with E-state index in [1.807, 2.05) is 13.8 Å². The molecule has 0 saturated heterocycles. The lowest BCUT2D eigenvalue weighted by atomic mass is 9.98. The third-order valence-corrected chi connectivity index (χ3v) is 4.12. The zero-order valence-electron chi connectivity index (χ0n) is 12.6. The lowest BCUT2D eigenvalue weighted by Gasteiger charge is -2.06. The number of fused-ring (bicyclic) bond motifs is 3. The van der Waals surface area contributed by atoms with Gasteiger partial charge in [-0.3, -0.25) is 0 Å². The van der Waals surface area contributed by atoms with E-state index in [0.717, 1.165) is 0 Å². The molecule has 0 heteroatoms. The summed E-state index contributed by atoms with van der Waals surface area (Å²) in [4.78, 5) is 0. The molecule has 0 saturated carbocycles. The van der Waals surface area contributed by atoms with Gasteiger partial charge >= 0.3 is 0 Å². The molecule has 0 spiro atoms. The molecule has 1 aliphatic carbocycles. The SMILES string of the molecule is CC.Cc1cc2c(cc1C)-c1cccc3cccc-2c13. The fourth-order valence-electron chi connectivity index (χ4n) is 3.05. The normalized spacial score (nSPS) is 11.0. The van der Waals surface area contributed by atoms with Crippen LogP contribution in [-0.4, -0.2) is 0 Å². The molecule has 0 nitrogen and oxygen atoms in total. The van der Waals surface area contributed by atoms with E-state index in [2.05, 4.69) is 62.4 Å². The van der Waals surface area contributed by atoms with E-state index in [1.165, 1.54) is 44.2 Å². The van der Waals surface area contributed by atoms with Gasteiger partial charge in [0.2, 0.25) is 0 Å². The average Bonchev–Trinajstić information content (AvgIpc) is 2.79. The Bertz CT molecular complexity index is 731. The van der Waals surface area contributed by atoms with Gasteiger partial charge in [0.05, 0.1) is 0 Å². The van der Waals surface area contributed by atoms with Crippen molar-refractivity contribution in [3.63, 3.8) is 0 Å². The zero-order chi connectivity index (χ0) is 14.3. The lowest BCUT2D eigenvalue weighted by Crippen LogP contribution is -1.84. The van der Waals surface area contributed by atoms with Gasteiger partial charge in [-0.1, -0.05) is 62.4 Å². The minimum atomic E-state index is 1.34. The van der Waals surface area contributed by atoms with Crippen molar-refractivity contribution in [2.75, 3.05) is 0 Å². The van der Waals surface area contributed by atoms with E-state index in [0.29, 0.717) is 0 Å². The molecule has 3 aromatic rings. The molecule has 0 unspecified atom stereocenters. The molecular formula is C20H20. The Labute approximate surface area is 121 Å². The Morgan fingerprint density at radius 3 is 1.50 bits per heavy atom. The minimum Gasteiger partial charge on any atom is -0.0683 e. The average molecular weight is 260 g/mol. The summed E-state index contributed by atoms with van der Waals surface area (Å²) < 4.78 is 0. The number of hydrogen-bond donors (Lipinski definition) is 0. The Hall–Kier alpha value is -2.08. The number of hydrogen-bond acceptors (Lipinski definition) is 0. The van der Waals surface area contributed by atoms with Crippen molar-refractivity contribution in [1.82, 2.24) is 0 Å². The zero-order valence-corrected chi connectivity index (χ0v) is 12.6. The first-order chi connectivity index (χ1) is 9.75. The van der Waals surface area contributed by atoms with Gasteiger partial charge in [0.25, 0.3) is 0 Å². The van der Waals surface area contributed by atoms with E-state index in [-0.39, 0.29) is 0 Å². The van der Waals surface area contributed by atoms with Crippen LogP contribution < -0.4 is 0 Å². The molecule has 0 amide bonds. The van der Waals surface area contributed by atoms with Gasteiger partial charge in [0.1, 0.15) is 0 Å². The van der Waals surface area contributed by atoms with Crippen LogP contribution in [0.25, 0.3) is 33.0 Å². The molecule has 0 heterocycles. The standard InChI is InChI=1S/C18H14.C2H6/c1-11-9-16-14-7-3-5-13-6-4-8-15(18(13)14)17(16)10-12(11)2;1-2/h3-10H,1-2H3;1-2H3. The van der Waals surface area contributed by atoms with Crippen LogP contribution in [0.5, 0.6) is 0 Å². The molecular weight excluding hydrogens is 240 g/mol. The molecule has 100 valence electrons. The fourth-order valence-corrected chi connectivity index (χ4v) is 3.05. The highest BCUT2D eigenvalue weighted by molar-refractivity contribution is 6.15. The number of rotatable bonds is 0. The third-order valence-electron chi connectivity index (χ3n) is 4.12. The molecule has 0 bridgehead atoms. The van der Waals surface area contributed by atoms with E-state index in [1.54, 1.807) is 0 Å². The molecule has 0 fully saturated rings. The van der Waals surface area contributed by atoms with E-state index in [4.69, 9.17) is 0 Å². The highest BCUT2D eigenvalue weighted by atomic mass is 14.2. The predicted octanol–water partition coefficient (Wildman–Crippen LogP) is 6.13. The minimum absolute atomic E-state index is 1.34. The second-order valence-corrected chi connectivity index (χ2v) is 5.19. The summed E-state index contributed by atoms with van der Waals surface area (Å²) in [6, 6.07) is 17.9. The van der Waals surface area contributed by atoms with Gasteiger partial charge in [-0.25, -0.2) is 0 Å². The van der Waals surface area contributed by atoms with Crippen LogP contribution in [0.1, 0.15) is 25.0 Å². The van der Waals surface area contributed by atoms with Gasteiger partial charge < -0.3 is 0 Å². The van der Waals surface area contributed by atoms with Gasteiger partial charge in [-0.15, -0.1) is 0 Å². The largest absolute Gasteiger partial charge is 0.0683 e. The quantitative estimate of drug-likeness (QED) is 0.357. The summed E-state index contributed by atoms with van der Waals surface area (Å²) in [5.74, 6) is 0. The summed E-state index contributed by atoms with van der Waals surface area (Å²) >= 11 is 0. The Morgan fingerprint density at radius 2 is 1.05 bits per heavy atom. The Morgan fingerprint density at radius 1 is 0.600 bits per heavy atom. The second kappa shape index (κ2) is 4.79. The lowest BCUT2D eigenvalue weighted by molar-refractivity contribution is 1.35. The van der Waals surface area contributed by atoms with Crippen molar-refractivity contribution >= 4 is 10.8 Å². The topological polar surface area (TPSA) is 0 Å². The first-order valence-corrected chi connectivity index (χ1v) is 7.39. The van der Waals surface area contributed by atoms with E-state index >= 15 is 0 Å². The first-order valence-electron chi connectivity index (χ1n) is 7.39. The molecule has 4 rings (SSSR count). The summed E-state index contributed by atoms with van der Waals surface area (Å²) in [5, 5.41) is 2.76. The van der Waals surface area contributed by atoms with Crippen molar-refractivity contribution in [2.45, 2.75) is 27.7 Å². The monoisotopic (exact) mass is 260 g/mol. The number of benzene rings is 3. The van der Waals surface area contributed by atoms with Gasteiger partial charge in [-0.2, -0.15) is 0 Å². The van der Waals surface area contributed by atoms with Gasteiger partial charge in [0, 0.05) is 0 Å². The maximum Gasteiger partial charge on any atom is -0.00264 e. The molecule has 0 radical (unpaired) electrons. The Balaban J connectivity index is 0.000000581. The highest BCUT2D eigenvalue weighted by Crippen LogP contribution is 2.47. The predicted molar refractivity (Wildman–Crippen MR) is 89.2 cm³/mol. The van der Waals surface area contributed by atoms with Crippen LogP contribution in [0.3, 0.4) is 0 Å². The molecule has 1 aliphatic rings. The smallest absolute Gasteiger partial charge is 0.00264 e. The fraction of sp³-hybridized carbons (Fsp3) is 0.200. The van der Waals surface area contributed by atoms with Crippen LogP contribution >= 0.6 is 0 Å². The summed E-state index contributed by atoms with van der Waals surface area (Å²) in [6.45, 7) is 8.39. The molecule has 0 N–H and O–H groups in total. The first kappa shape index (κ1) is 12.9. The van der Waals surface area contributed by atoms with Crippen molar-refractivity contribution in [2.24, 2.45) is 0 Å². The summed E-state index contributed by atoms with van der Waals surface area (Å²) in [7, 11) is 0. The van der Waals surface area contributed by atoms with Gasteiger partial charge in [-0.05, 0) is 58.0 Å². The highest BCUT2D eigenvalue weighted by Gasteiger charge is 2.21. The maximum atomic E-state index is 2.33. The number of aryl methyl sites for hydroxylation is 2. The molecule has 20 heavy (non-hydrogen) atoms. The van der Waals surface area contributed by atoms with Crippen molar-refractivity contribution in [3.8, 4) is 22.3 Å². The molecule has 0 aliphatic heterocycles. The van der Waals surface area contributed by atoms with Crippen LogP contribution in [0.4, 0.5) is 0 Å². The molecule has 3 aromatic carbocycles. The van der Waals surface area contributed by atoms with Crippen molar-refractivity contribution in [1.29, 1.82) is 0 Å². The van der Waals surface area contributed by atoms with Crippen LogP contribution in [0.2, 0.25) is 0 Å².